The number of amides is 1. The minimum Gasteiger partial charge on any atom is -0.457 e. The summed E-state index contributed by atoms with van der Waals surface area (Å²) in [5, 5.41) is 18.9. The van der Waals surface area contributed by atoms with E-state index in [-0.39, 0.29) is 37.5 Å². The van der Waals surface area contributed by atoms with Crippen LogP contribution in [0, 0.1) is 23.7 Å². The number of rotatable bonds is 12. The number of nitrogens with zero attached hydrogens (tertiary/aromatic N) is 2. The number of esters is 1. The van der Waals surface area contributed by atoms with E-state index in [9.17, 15) is 24.3 Å². The average molecular weight is 804 g/mol. The number of benzene rings is 1. The number of aryl methyl sites for hydroxylation is 1. The summed E-state index contributed by atoms with van der Waals surface area (Å²) in [6.07, 6.45) is -3.96. The van der Waals surface area contributed by atoms with E-state index in [4.69, 9.17) is 33.3 Å². The van der Waals surface area contributed by atoms with Crippen LogP contribution in [0.3, 0.4) is 0 Å². The van der Waals surface area contributed by atoms with Gasteiger partial charge in [-0.05, 0) is 79.5 Å². The largest absolute Gasteiger partial charge is 0.509 e. The maximum atomic E-state index is 14.3. The Labute approximate surface area is 337 Å². The summed E-state index contributed by atoms with van der Waals surface area (Å²) >= 11 is 0. The van der Waals surface area contributed by atoms with Gasteiger partial charge in [-0.2, -0.15) is 0 Å². The van der Waals surface area contributed by atoms with E-state index in [1.165, 1.54) is 19.6 Å². The number of hydrogen-bond acceptors (Lipinski definition) is 14. The van der Waals surface area contributed by atoms with Gasteiger partial charge in [0.05, 0.1) is 23.5 Å². The zero-order valence-electron chi connectivity index (χ0n) is 35.5. The fourth-order valence-corrected chi connectivity index (χ4v) is 8.61. The molecule has 4 rings (SSSR count). The maximum Gasteiger partial charge on any atom is 0.509 e. The Kier molecular flexibility index (Phi) is 16.1. The number of carbonyl (C=O) groups is 4. The van der Waals surface area contributed by atoms with Crippen molar-refractivity contribution in [1.29, 1.82) is 0 Å². The van der Waals surface area contributed by atoms with Crippen LogP contribution >= 0.6 is 0 Å². The molecule has 3 aliphatic heterocycles. The van der Waals surface area contributed by atoms with E-state index in [0.29, 0.717) is 18.7 Å². The number of ketones is 1. The summed E-state index contributed by atoms with van der Waals surface area (Å²) in [5.74, 6) is -5.04. The van der Waals surface area contributed by atoms with E-state index in [2.05, 4.69) is 10.5 Å². The standard InChI is InChI=1S/C42H65N3O12/c1-12-31-42(8)37(56-40(50)57-42)26(4)33(44-52-23-32(46)43-20-16-19-29-17-14-13-15-18-29)24(2)22-41(7,51-11)36(27(5)34(47)28(6)38(49)54-31)55-39-35(48)30(45(9)10)21-25(3)53-39/h13-15,17-18,24-28,30-31,35-37,39,48H,12,16,19-23H2,1-11H3,(H,43,46)/b44-33+/t24-,25-,26+,27+,28-,30+,31-,35-,36-,37-,39+,41+,42-/m1/s1. The van der Waals surface area contributed by atoms with Crippen LogP contribution in [-0.4, -0.2) is 128 Å². The van der Waals surface area contributed by atoms with Crippen LogP contribution in [0.2, 0.25) is 0 Å². The predicted octanol–water partition coefficient (Wildman–Crippen LogP) is 4.46. The third kappa shape index (κ3) is 10.9. The molecule has 1 aromatic carbocycles. The number of hydrogen-bond donors (Lipinski definition) is 2. The van der Waals surface area contributed by atoms with Crippen molar-refractivity contribution in [3.05, 3.63) is 35.9 Å². The molecule has 3 aliphatic rings. The number of cyclic esters (lactones) is 1. The number of likely N-dealkylation sites (N-methyl/N-ethyl adjacent to an activating group) is 1. The molecule has 0 aliphatic carbocycles. The molecule has 15 nitrogen and oxygen atoms in total. The van der Waals surface area contributed by atoms with Crippen LogP contribution in [-0.2, 0) is 54.1 Å². The quantitative estimate of drug-likeness (QED) is 0.131. The fourth-order valence-electron chi connectivity index (χ4n) is 8.61. The van der Waals surface area contributed by atoms with Crippen molar-refractivity contribution >= 4 is 29.5 Å². The number of aliphatic hydroxyl groups excluding tert-OH is 1. The summed E-state index contributed by atoms with van der Waals surface area (Å²) in [6.45, 7) is 14.0. The first kappa shape index (κ1) is 46.1. The SMILES string of the molecule is CC[C@H]1OC(=O)[C@H](C)C(=O)[C@H](C)[C@@H](O[C@@H]2O[C@H](C)C[C@H](N(C)C)[C@H]2O)[C@@](C)(OC)C[C@@H](C)/C(=N\OCC(=O)NCCCc2ccccc2)[C@H](C)[C@H]2OC(=O)O[C@@]21C. The first-order chi connectivity index (χ1) is 26.9. The highest BCUT2D eigenvalue weighted by atomic mass is 16.8. The molecule has 0 spiro atoms. The minimum atomic E-state index is -1.47. The van der Waals surface area contributed by atoms with Crippen LogP contribution in [0.5, 0.6) is 0 Å². The molecule has 0 bridgehead atoms. The second-order valence-electron chi connectivity index (χ2n) is 16.6. The molecule has 320 valence electrons. The van der Waals surface area contributed by atoms with Gasteiger partial charge in [0.15, 0.2) is 30.4 Å². The Balaban J connectivity index is 1.70. The Morgan fingerprint density at radius 2 is 1.72 bits per heavy atom. The second kappa shape index (κ2) is 19.9. The Hall–Kier alpha value is -3.63. The Morgan fingerprint density at radius 3 is 2.35 bits per heavy atom. The van der Waals surface area contributed by atoms with Gasteiger partial charge in [0.25, 0.3) is 5.91 Å². The van der Waals surface area contributed by atoms with Gasteiger partial charge < -0.3 is 48.6 Å². The molecule has 0 radical (unpaired) electrons. The molecule has 13 atom stereocenters. The van der Waals surface area contributed by atoms with Crippen molar-refractivity contribution in [2.75, 3.05) is 34.4 Å². The lowest BCUT2D eigenvalue weighted by Gasteiger charge is -2.47. The highest BCUT2D eigenvalue weighted by Crippen LogP contribution is 2.42. The molecule has 2 N–H and O–H groups in total. The molecule has 3 saturated heterocycles. The lowest BCUT2D eigenvalue weighted by molar-refractivity contribution is -0.295. The van der Waals surface area contributed by atoms with Gasteiger partial charge in [0.2, 0.25) is 0 Å². The molecule has 3 fully saturated rings. The van der Waals surface area contributed by atoms with Crippen LogP contribution in [0.1, 0.15) is 86.6 Å². The molecule has 15 heteroatoms. The lowest BCUT2D eigenvalue weighted by Crippen LogP contribution is -2.59. The van der Waals surface area contributed by atoms with Crippen LogP contribution in [0.25, 0.3) is 0 Å². The fraction of sp³-hybridized carbons (Fsp3) is 0.738. The van der Waals surface area contributed by atoms with Gasteiger partial charge in [-0.15, -0.1) is 0 Å². The van der Waals surface area contributed by atoms with Crippen molar-refractivity contribution in [3.8, 4) is 0 Å². The summed E-state index contributed by atoms with van der Waals surface area (Å²) in [5.41, 5.74) is -1.16. The van der Waals surface area contributed by atoms with Gasteiger partial charge in [0, 0.05) is 37.5 Å². The Bertz CT molecular complexity index is 1560. The van der Waals surface area contributed by atoms with Crippen LogP contribution < -0.4 is 5.32 Å². The third-order valence-corrected chi connectivity index (χ3v) is 12.0. The van der Waals surface area contributed by atoms with E-state index in [1.807, 2.05) is 63.2 Å². The number of carbonyl (C=O) groups excluding carboxylic acids is 4. The molecule has 57 heavy (non-hydrogen) atoms. The van der Waals surface area contributed by atoms with Crippen LogP contribution in [0.15, 0.2) is 35.5 Å². The van der Waals surface area contributed by atoms with Crippen molar-refractivity contribution < 1.29 is 57.5 Å². The average Bonchev–Trinajstić information content (AvgIpc) is 3.49. The number of nitrogens with one attached hydrogen (secondary N) is 1. The zero-order valence-corrected chi connectivity index (χ0v) is 35.5. The number of aliphatic hydroxyl groups is 1. The minimum absolute atomic E-state index is 0.174. The number of methoxy groups -OCH3 is 1. The number of fused-ring (bicyclic) bond motifs is 1. The summed E-state index contributed by atoms with van der Waals surface area (Å²) in [6, 6.07) is 9.69. The summed E-state index contributed by atoms with van der Waals surface area (Å²) in [4.78, 5) is 61.4. The molecule has 1 aromatic rings. The maximum absolute atomic E-state index is 14.3. The van der Waals surface area contributed by atoms with Gasteiger partial charge in [0.1, 0.15) is 18.1 Å². The summed E-state index contributed by atoms with van der Waals surface area (Å²) in [7, 11) is 5.23. The van der Waals surface area contributed by atoms with Crippen LogP contribution in [0.4, 0.5) is 4.79 Å². The van der Waals surface area contributed by atoms with Gasteiger partial charge >= 0.3 is 12.1 Å². The molecule has 0 aromatic heterocycles. The highest BCUT2D eigenvalue weighted by Gasteiger charge is 2.58. The van der Waals surface area contributed by atoms with Crippen molar-refractivity contribution in [1.82, 2.24) is 10.2 Å². The topological polar surface area (TPSA) is 181 Å². The first-order valence-electron chi connectivity index (χ1n) is 20.2. The predicted molar refractivity (Wildman–Crippen MR) is 210 cm³/mol. The van der Waals surface area contributed by atoms with E-state index < -0.39 is 83.5 Å². The summed E-state index contributed by atoms with van der Waals surface area (Å²) < 4.78 is 36.6. The molecule has 0 unspecified atom stereocenters. The van der Waals surface area contributed by atoms with E-state index >= 15 is 0 Å². The Morgan fingerprint density at radius 1 is 1.04 bits per heavy atom. The van der Waals surface area contributed by atoms with E-state index in [1.54, 1.807) is 34.6 Å². The first-order valence-corrected chi connectivity index (χ1v) is 20.2. The molecule has 1 amide bonds. The number of ether oxygens (including phenoxy) is 6. The zero-order chi connectivity index (χ0) is 42.2. The van der Waals surface area contributed by atoms with Gasteiger partial charge in [-0.1, -0.05) is 63.2 Å². The smallest absolute Gasteiger partial charge is 0.457 e. The molecular weight excluding hydrogens is 738 g/mol. The number of Topliss-reactive ketones (excluding diaryl/α,β-unsaturated/α-hetero) is 1. The molecular formula is C42H65N3O12. The van der Waals surface area contributed by atoms with Crippen molar-refractivity contribution in [2.24, 2.45) is 28.8 Å². The third-order valence-electron chi connectivity index (χ3n) is 12.0. The molecule has 0 saturated carbocycles. The number of oxime groups is 1. The molecule has 3 heterocycles. The normalized spacial score (nSPS) is 37.5. The second-order valence-corrected chi connectivity index (χ2v) is 16.6. The van der Waals surface area contributed by atoms with Gasteiger partial charge in [-0.3, -0.25) is 14.4 Å². The van der Waals surface area contributed by atoms with Crippen molar-refractivity contribution in [3.63, 3.8) is 0 Å². The lowest BCUT2D eigenvalue weighted by atomic mass is 9.74. The van der Waals surface area contributed by atoms with Gasteiger partial charge in [-0.25, -0.2) is 4.79 Å². The monoisotopic (exact) mass is 803 g/mol. The highest BCUT2D eigenvalue weighted by molar-refractivity contribution is 6.00. The van der Waals surface area contributed by atoms with E-state index in [0.717, 1.165) is 12.8 Å². The van der Waals surface area contributed by atoms with Crippen molar-refractivity contribution in [2.45, 2.75) is 142 Å².